The summed E-state index contributed by atoms with van der Waals surface area (Å²) in [6.45, 7) is 0. The number of benzene rings is 9. The van der Waals surface area contributed by atoms with Crippen LogP contribution < -0.4 is 0 Å². The van der Waals surface area contributed by atoms with E-state index < -0.39 is 0 Å². The van der Waals surface area contributed by atoms with Gasteiger partial charge in [-0.2, -0.15) is 0 Å². The minimum Gasteiger partial charge on any atom is -0.313 e. The van der Waals surface area contributed by atoms with Crippen LogP contribution in [-0.4, -0.2) is 14.5 Å². The minimum atomic E-state index is 0.713. The van der Waals surface area contributed by atoms with Crippen molar-refractivity contribution in [3.63, 3.8) is 0 Å². The molecular formula is C70H47N3S2. The molecule has 0 saturated carbocycles. The maximum atomic E-state index is 5.63. The zero-order valence-electron chi connectivity index (χ0n) is 41.0. The van der Waals surface area contributed by atoms with E-state index >= 15 is 0 Å². The number of nitrogens with zero attached hydrogens (tertiary/aromatic N) is 3. The van der Waals surface area contributed by atoms with Crippen LogP contribution in [0.4, 0.5) is 0 Å². The van der Waals surface area contributed by atoms with E-state index in [0.29, 0.717) is 5.82 Å². The first-order valence-corrected chi connectivity index (χ1v) is 27.6. The number of aromatic nitrogens is 3. The van der Waals surface area contributed by atoms with Crippen LogP contribution in [0.25, 0.3) is 141 Å². The van der Waals surface area contributed by atoms with Crippen molar-refractivity contribution in [1.82, 2.24) is 14.5 Å². The summed E-state index contributed by atoms with van der Waals surface area (Å²) in [5, 5.41) is 6.20. The molecule has 0 unspecified atom stereocenters. The van der Waals surface area contributed by atoms with Gasteiger partial charge in [-0.1, -0.05) is 158 Å². The summed E-state index contributed by atoms with van der Waals surface area (Å²) in [4.78, 5) is 11.3. The Morgan fingerprint density at radius 2 is 1.01 bits per heavy atom. The van der Waals surface area contributed by atoms with E-state index in [1.54, 1.807) is 11.3 Å². The van der Waals surface area contributed by atoms with Gasteiger partial charge in [0.15, 0.2) is 5.82 Å². The molecule has 2 aliphatic carbocycles. The normalized spacial score (nSPS) is 13.7. The minimum absolute atomic E-state index is 0.713. The molecule has 15 rings (SSSR count). The summed E-state index contributed by atoms with van der Waals surface area (Å²) in [7, 11) is 0. The summed E-state index contributed by atoms with van der Waals surface area (Å²) in [6.07, 6.45) is 17.7. The topological polar surface area (TPSA) is 30.7 Å². The van der Waals surface area contributed by atoms with Crippen molar-refractivity contribution in [1.29, 1.82) is 0 Å². The molecule has 3 nitrogen and oxygen atoms in total. The van der Waals surface area contributed by atoms with Gasteiger partial charge < -0.3 is 4.57 Å². The van der Waals surface area contributed by atoms with Gasteiger partial charge in [0.2, 0.25) is 0 Å². The fourth-order valence-corrected chi connectivity index (χ4v) is 13.9. The molecule has 0 fully saturated rings. The number of fused-ring (bicyclic) bond motifs is 9. The molecule has 75 heavy (non-hydrogen) atoms. The molecule has 0 spiro atoms. The van der Waals surface area contributed by atoms with Gasteiger partial charge in [0, 0.05) is 57.9 Å². The van der Waals surface area contributed by atoms with Gasteiger partial charge in [0.1, 0.15) is 0 Å². The van der Waals surface area contributed by atoms with Crippen molar-refractivity contribution < 1.29 is 0 Å². The molecule has 354 valence electrons. The van der Waals surface area contributed by atoms with Crippen LogP contribution in [0, 0.1) is 0 Å². The fraction of sp³-hybridized carbons (Fsp3) is 0.0571. The zero-order chi connectivity index (χ0) is 49.4. The van der Waals surface area contributed by atoms with E-state index in [2.05, 4.69) is 241 Å². The Bertz CT molecular complexity index is 4520. The smallest absolute Gasteiger partial charge is 0.160 e. The summed E-state index contributed by atoms with van der Waals surface area (Å²) in [5.74, 6) is 0.713. The highest BCUT2D eigenvalue weighted by atomic mass is 32.1. The van der Waals surface area contributed by atoms with Crippen molar-refractivity contribution in [2.45, 2.75) is 25.7 Å². The monoisotopic (exact) mass is 993 g/mol. The number of hydrogen-bond donors (Lipinski definition) is 0. The highest BCUT2D eigenvalue weighted by molar-refractivity contribution is 7.26. The average Bonchev–Trinajstić information content (AvgIpc) is 4.17. The predicted molar refractivity (Wildman–Crippen MR) is 322 cm³/mol. The lowest BCUT2D eigenvalue weighted by Crippen LogP contribution is -1.99. The van der Waals surface area contributed by atoms with Crippen molar-refractivity contribution in [2.24, 2.45) is 0 Å². The number of allylic oxidation sites excluding steroid dienone is 8. The van der Waals surface area contributed by atoms with Crippen LogP contribution >= 0.6 is 22.7 Å². The molecule has 0 N–H and O–H groups in total. The lowest BCUT2D eigenvalue weighted by molar-refractivity contribution is 0.979. The lowest BCUT2D eigenvalue weighted by Gasteiger charge is -2.14. The van der Waals surface area contributed by atoms with Crippen LogP contribution in [0.2, 0.25) is 0 Å². The number of hydrogen-bond acceptors (Lipinski definition) is 4. The molecular weight excluding hydrogens is 947 g/mol. The second kappa shape index (κ2) is 18.0. The van der Waals surface area contributed by atoms with Gasteiger partial charge in [0.25, 0.3) is 0 Å². The van der Waals surface area contributed by atoms with Gasteiger partial charge in [-0.05, 0) is 160 Å². The van der Waals surface area contributed by atoms with Crippen molar-refractivity contribution >= 4 is 96.2 Å². The average molecular weight is 994 g/mol. The van der Waals surface area contributed by atoms with Crippen LogP contribution in [0.5, 0.6) is 0 Å². The molecule has 5 heteroatoms. The Morgan fingerprint density at radius 1 is 0.387 bits per heavy atom. The molecule has 0 amide bonds. The Labute approximate surface area is 443 Å². The molecule has 2 aliphatic rings. The lowest BCUT2D eigenvalue weighted by atomic mass is 9.93. The van der Waals surface area contributed by atoms with Gasteiger partial charge >= 0.3 is 0 Å². The quantitative estimate of drug-likeness (QED) is 0.152. The summed E-state index contributed by atoms with van der Waals surface area (Å²) in [5.41, 5.74) is 19.9. The third kappa shape index (κ3) is 7.61. The van der Waals surface area contributed by atoms with Crippen molar-refractivity contribution in [2.75, 3.05) is 0 Å². The molecule has 4 heterocycles. The van der Waals surface area contributed by atoms with Crippen LogP contribution in [-0.2, 0) is 0 Å². The second-order valence-corrected chi connectivity index (χ2v) is 22.0. The maximum absolute atomic E-state index is 5.63. The molecule has 0 bridgehead atoms. The van der Waals surface area contributed by atoms with E-state index in [1.807, 2.05) is 11.3 Å². The number of thiophene rings is 2. The second-order valence-electron chi connectivity index (χ2n) is 19.9. The SMILES string of the molecule is C1=CCCC(c2ccc3c(c2)c2c(-c4cccc(-c5nc(-c6ccc7sc8ccccc8c7c6)c6sc7ccc(-c8cc(-c9ccccc9)cc(-c9ccccc9)c8)cc7c6n5)c4)cccc2n3C2=CC=CCC2)=C1. The maximum Gasteiger partial charge on any atom is 0.160 e. The van der Waals surface area contributed by atoms with Gasteiger partial charge in [-0.3, -0.25) is 0 Å². The predicted octanol–water partition coefficient (Wildman–Crippen LogP) is 20.2. The largest absolute Gasteiger partial charge is 0.313 e. The van der Waals surface area contributed by atoms with Crippen molar-refractivity contribution in [3.8, 4) is 67.2 Å². The Morgan fingerprint density at radius 3 is 1.79 bits per heavy atom. The van der Waals surface area contributed by atoms with Gasteiger partial charge in [-0.25, -0.2) is 9.97 Å². The summed E-state index contributed by atoms with van der Waals surface area (Å²) in [6, 6.07) is 73.9. The standard InChI is InChI=1S/C70H47N3S2/c1-5-17-44(18-6-1)47-31-34-61-59(41-47)66-56(28-16-29-62(66)73(61)55-25-11-4-12-26-55)49-23-15-24-51(37-49)70-71-67(50-33-36-64-58(43-50)57-27-13-14-30-63(57)74-64)69-68(72-70)60-42-48(32-35-65(60)75-69)54-39-52(45-19-7-2-8-20-45)38-53(40-54)46-21-9-3-10-22-46/h1-5,7-11,13-17,19-25,27-43H,6,12,18,26H2. The Kier molecular flexibility index (Phi) is 10.5. The van der Waals surface area contributed by atoms with Gasteiger partial charge in [-0.15, -0.1) is 22.7 Å². The fourth-order valence-electron chi connectivity index (χ4n) is 11.7. The number of rotatable bonds is 8. The molecule has 0 atom stereocenters. The molecule has 0 aliphatic heterocycles. The van der Waals surface area contributed by atoms with E-state index in [-0.39, 0.29) is 0 Å². The molecule has 13 aromatic rings. The highest BCUT2D eigenvalue weighted by Gasteiger charge is 2.22. The zero-order valence-corrected chi connectivity index (χ0v) is 42.6. The Balaban J connectivity index is 0.935. The van der Waals surface area contributed by atoms with E-state index in [9.17, 15) is 0 Å². The van der Waals surface area contributed by atoms with Crippen molar-refractivity contribution in [3.05, 3.63) is 242 Å². The van der Waals surface area contributed by atoms with E-state index in [0.717, 1.165) is 69.2 Å². The highest BCUT2D eigenvalue weighted by Crippen LogP contribution is 2.46. The molecule has 9 aromatic carbocycles. The molecule has 0 radical (unpaired) electrons. The third-order valence-corrected chi connectivity index (χ3v) is 17.6. The van der Waals surface area contributed by atoms with Crippen LogP contribution in [0.1, 0.15) is 31.2 Å². The molecule has 0 saturated heterocycles. The first-order valence-electron chi connectivity index (χ1n) is 26.0. The van der Waals surface area contributed by atoms with E-state index in [1.165, 1.54) is 96.9 Å². The van der Waals surface area contributed by atoms with Crippen LogP contribution in [0.15, 0.2) is 237 Å². The third-order valence-electron chi connectivity index (χ3n) is 15.3. The van der Waals surface area contributed by atoms with E-state index in [4.69, 9.17) is 9.97 Å². The Hall–Kier alpha value is -8.74. The molecule has 4 aromatic heterocycles. The summed E-state index contributed by atoms with van der Waals surface area (Å²) < 4.78 is 7.35. The first kappa shape index (κ1) is 43.8. The van der Waals surface area contributed by atoms with Crippen LogP contribution in [0.3, 0.4) is 0 Å². The van der Waals surface area contributed by atoms with Gasteiger partial charge in [0.05, 0.1) is 26.9 Å². The first-order chi connectivity index (χ1) is 37.1. The summed E-state index contributed by atoms with van der Waals surface area (Å²) >= 11 is 3.64.